The van der Waals surface area contributed by atoms with Crippen LogP contribution in [0.5, 0.6) is 5.88 Å². The van der Waals surface area contributed by atoms with Crippen molar-refractivity contribution in [3.05, 3.63) is 12.4 Å². The lowest BCUT2D eigenvalue weighted by atomic mass is 10.2. The van der Waals surface area contributed by atoms with E-state index in [1.165, 1.54) is 13.3 Å². The Balaban J connectivity index is 2.05. The summed E-state index contributed by atoms with van der Waals surface area (Å²) in [4.78, 5) is 20.9. The standard InChI is InChI=1S/C11H15N3O4/c1-17-10-6-12-5-9(13-10)14-2-3-18-8(7-14)4-11(15)16/h5-6,8H,2-4,7H2,1H3,(H,15,16). The lowest BCUT2D eigenvalue weighted by Crippen LogP contribution is -2.43. The molecule has 1 N–H and O–H groups in total. The summed E-state index contributed by atoms with van der Waals surface area (Å²) in [5.41, 5.74) is 0. The molecule has 98 valence electrons. The van der Waals surface area contributed by atoms with Gasteiger partial charge in [0.25, 0.3) is 0 Å². The van der Waals surface area contributed by atoms with E-state index in [0.717, 1.165) is 0 Å². The molecule has 1 aliphatic rings. The minimum atomic E-state index is -0.862. The van der Waals surface area contributed by atoms with E-state index < -0.39 is 5.97 Å². The summed E-state index contributed by atoms with van der Waals surface area (Å²) in [6.07, 6.45) is 2.84. The Morgan fingerprint density at radius 2 is 2.50 bits per heavy atom. The lowest BCUT2D eigenvalue weighted by molar-refractivity contribution is -0.140. The minimum Gasteiger partial charge on any atom is -0.481 e. The number of anilines is 1. The smallest absolute Gasteiger partial charge is 0.306 e. The highest BCUT2D eigenvalue weighted by molar-refractivity contribution is 5.67. The fourth-order valence-electron chi connectivity index (χ4n) is 1.83. The van der Waals surface area contributed by atoms with E-state index in [1.807, 2.05) is 4.90 Å². The number of carboxylic acids is 1. The predicted octanol–water partition coefficient (Wildman–Crippen LogP) is 0.165. The first-order valence-electron chi connectivity index (χ1n) is 5.63. The Morgan fingerprint density at radius 3 is 3.22 bits per heavy atom. The fraction of sp³-hybridized carbons (Fsp3) is 0.545. The maximum absolute atomic E-state index is 10.7. The molecule has 1 fully saturated rings. The van der Waals surface area contributed by atoms with Gasteiger partial charge in [0.15, 0.2) is 5.82 Å². The van der Waals surface area contributed by atoms with Crippen molar-refractivity contribution >= 4 is 11.8 Å². The minimum absolute atomic E-state index is 0.00605. The van der Waals surface area contributed by atoms with Crippen LogP contribution < -0.4 is 9.64 Å². The molecule has 1 aromatic rings. The number of ether oxygens (including phenoxy) is 2. The van der Waals surface area contributed by atoms with E-state index in [9.17, 15) is 4.79 Å². The molecule has 0 spiro atoms. The number of aromatic nitrogens is 2. The second-order valence-corrected chi connectivity index (χ2v) is 3.96. The van der Waals surface area contributed by atoms with Gasteiger partial charge in [0.2, 0.25) is 5.88 Å². The first kappa shape index (κ1) is 12.6. The number of carbonyl (C=O) groups is 1. The SMILES string of the molecule is COc1cncc(N2CCOC(CC(=O)O)C2)n1. The average molecular weight is 253 g/mol. The maximum Gasteiger partial charge on any atom is 0.306 e. The third-order valence-electron chi connectivity index (χ3n) is 2.67. The summed E-state index contributed by atoms with van der Waals surface area (Å²) in [7, 11) is 1.53. The molecule has 0 amide bonds. The zero-order valence-electron chi connectivity index (χ0n) is 10.1. The third kappa shape index (κ3) is 3.07. The molecule has 0 bridgehead atoms. The normalized spacial score (nSPS) is 19.6. The molecule has 1 atom stereocenters. The van der Waals surface area contributed by atoms with Gasteiger partial charge in [0, 0.05) is 13.1 Å². The molecular formula is C11H15N3O4. The van der Waals surface area contributed by atoms with Gasteiger partial charge in [-0.2, -0.15) is 4.98 Å². The average Bonchev–Trinajstić information content (AvgIpc) is 2.38. The van der Waals surface area contributed by atoms with Crippen molar-refractivity contribution < 1.29 is 19.4 Å². The van der Waals surface area contributed by atoms with Crippen LogP contribution in [0.15, 0.2) is 12.4 Å². The monoisotopic (exact) mass is 253 g/mol. The van der Waals surface area contributed by atoms with Gasteiger partial charge in [-0.25, -0.2) is 0 Å². The van der Waals surface area contributed by atoms with Gasteiger partial charge in [0.1, 0.15) is 0 Å². The summed E-state index contributed by atoms with van der Waals surface area (Å²) in [5, 5.41) is 8.76. The molecule has 0 saturated carbocycles. The van der Waals surface area contributed by atoms with Crippen molar-refractivity contribution in [2.24, 2.45) is 0 Å². The van der Waals surface area contributed by atoms with Crippen molar-refractivity contribution in [1.29, 1.82) is 0 Å². The van der Waals surface area contributed by atoms with Crippen LogP contribution in [-0.2, 0) is 9.53 Å². The second kappa shape index (κ2) is 5.63. The van der Waals surface area contributed by atoms with Crippen molar-refractivity contribution in [3.63, 3.8) is 0 Å². The van der Waals surface area contributed by atoms with Gasteiger partial charge < -0.3 is 19.5 Å². The Labute approximate surface area is 104 Å². The van der Waals surface area contributed by atoms with E-state index in [0.29, 0.717) is 31.4 Å². The molecule has 0 aromatic carbocycles. The molecule has 0 radical (unpaired) electrons. The highest BCUT2D eigenvalue weighted by Crippen LogP contribution is 2.18. The largest absolute Gasteiger partial charge is 0.481 e. The highest BCUT2D eigenvalue weighted by Gasteiger charge is 2.23. The van der Waals surface area contributed by atoms with Gasteiger partial charge in [-0.05, 0) is 0 Å². The summed E-state index contributed by atoms with van der Waals surface area (Å²) in [6, 6.07) is 0. The van der Waals surface area contributed by atoms with Gasteiger partial charge >= 0.3 is 5.97 Å². The van der Waals surface area contributed by atoms with Gasteiger partial charge in [-0.1, -0.05) is 0 Å². The van der Waals surface area contributed by atoms with E-state index in [1.54, 1.807) is 6.20 Å². The number of morpholine rings is 1. The van der Waals surface area contributed by atoms with E-state index in [-0.39, 0.29) is 12.5 Å². The Kier molecular flexibility index (Phi) is 3.93. The number of hydrogen-bond acceptors (Lipinski definition) is 6. The zero-order chi connectivity index (χ0) is 13.0. The number of methoxy groups -OCH3 is 1. The quantitative estimate of drug-likeness (QED) is 0.818. The third-order valence-corrected chi connectivity index (χ3v) is 2.67. The van der Waals surface area contributed by atoms with Crippen molar-refractivity contribution in [1.82, 2.24) is 9.97 Å². The summed E-state index contributed by atoms with van der Waals surface area (Å²) in [6.45, 7) is 1.64. The lowest BCUT2D eigenvalue weighted by Gasteiger charge is -2.32. The first-order valence-corrected chi connectivity index (χ1v) is 5.63. The van der Waals surface area contributed by atoms with Crippen LogP contribution in [0.3, 0.4) is 0 Å². The molecule has 18 heavy (non-hydrogen) atoms. The Morgan fingerprint density at radius 1 is 1.67 bits per heavy atom. The number of aliphatic carboxylic acids is 1. The second-order valence-electron chi connectivity index (χ2n) is 3.96. The van der Waals surface area contributed by atoms with Crippen molar-refractivity contribution in [3.8, 4) is 5.88 Å². The first-order chi connectivity index (χ1) is 8.69. The van der Waals surface area contributed by atoms with E-state index in [2.05, 4.69) is 9.97 Å². The summed E-state index contributed by atoms with van der Waals surface area (Å²) < 4.78 is 10.4. The van der Waals surface area contributed by atoms with Crippen LogP contribution in [-0.4, -0.2) is 54.0 Å². The molecule has 1 aromatic heterocycles. The van der Waals surface area contributed by atoms with Crippen LogP contribution in [0.25, 0.3) is 0 Å². The van der Waals surface area contributed by atoms with Gasteiger partial charge in [-0.3, -0.25) is 9.78 Å². The van der Waals surface area contributed by atoms with E-state index >= 15 is 0 Å². The molecule has 2 heterocycles. The molecule has 1 saturated heterocycles. The molecule has 1 unspecified atom stereocenters. The predicted molar refractivity (Wildman–Crippen MR) is 62.8 cm³/mol. The zero-order valence-corrected chi connectivity index (χ0v) is 10.1. The summed E-state index contributed by atoms with van der Waals surface area (Å²) in [5.74, 6) is 0.250. The van der Waals surface area contributed by atoms with Gasteiger partial charge in [-0.15, -0.1) is 0 Å². The highest BCUT2D eigenvalue weighted by atomic mass is 16.5. The number of carboxylic acid groups (broad SMARTS) is 1. The van der Waals surface area contributed by atoms with Crippen LogP contribution in [0.2, 0.25) is 0 Å². The fourth-order valence-corrected chi connectivity index (χ4v) is 1.83. The number of nitrogens with zero attached hydrogens (tertiary/aromatic N) is 3. The Hall–Kier alpha value is -1.89. The topological polar surface area (TPSA) is 84.8 Å². The molecule has 7 heteroatoms. The summed E-state index contributed by atoms with van der Waals surface area (Å²) >= 11 is 0. The number of hydrogen-bond donors (Lipinski definition) is 1. The van der Waals surface area contributed by atoms with Gasteiger partial charge in [0.05, 0.1) is 38.6 Å². The molecule has 2 rings (SSSR count). The molecule has 1 aliphatic heterocycles. The molecule has 0 aliphatic carbocycles. The maximum atomic E-state index is 10.7. The van der Waals surface area contributed by atoms with Crippen LogP contribution >= 0.6 is 0 Å². The Bertz CT molecular complexity index is 427. The number of rotatable bonds is 4. The molecule has 7 nitrogen and oxygen atoms in total. The molecular weight excluding hydrogens is 238 g/mol. The van der Waals surface area contributed by atoms with E-state index in [4.69, 9.17) is 14.6 Å². The van der Waals surface area contributed by atoms with Crippen LogP contribution in [0, 0.1) is 0 Å². The van der Waals surface area contributed by atoms with Crippen LogP contribution in [0.4, 0.5) is 5.82 Å². The van der Waals surface area contributed by atoms with Crippen molar-refractivity contribution in [2.75, 3.05) is 31.7 Å². The van der Waals surface area contributed by atoms with Crippen LogP contribution in [0.1, 0.15) is 6.42 Å². The van der Waals surface area contributed by atoms with Crippen molar-refractivity contribution in [2.45, 2.75) is 12.5 Å².